The number of benzene rings is 1. The molecule has 0 bridgehead atoms. The van der Waals surface area contributed by atoms with Crippen molar-refractivity contribution in [2.45, 2.75) is 31.7 Å². The van der Waals surface area contributed by atoms with Crippen LogP contribution in [0.15, 0.2) is 41.7 Å². The molecule has 1 atom stereocenters. The standard InChI is InChI=1S/C22H20N4O3/c1-21(2,3)26-10-12(9-23)16-18(26)24-14-11-29-19(27)17(14)22(16)13-7-5-6-8-15(13)25(4)20(22)28/h5-8,10,24H,11H2,1-4H3/t22-/m0/s1. The highest BCUT2D eigenvalue weighted by Crippen LogP contribution is 2.57. The minimum Gasteiger partial charge on any atom is -0.456 e. The predicted molar refractivity (Wildman–Crippen MR) is 106 cm³/mol. The lowest BCUT2D eigenvalue weighted by molar-refractivity contribution is -0.137. The van der Waals surface area contributed by atoms with E-state index in [0.29, 0.717) is 28.2 Å². The van der Waals surface area contributed by atoms with Gasteiger partial charge in [0.05, 0.1) is 16.8 Å². The lowest BCUT2D eigenvalue weighted by Crippen LogP contribution is -2.46. The zero-order valence-corrected chi connectivity index (χ0v) is 16.7. The molecule has 0 saturated carbocycles. The molecule has 7 nitrogen and oxygen atoms in total. The first-order valence-electron chi connectivity index (χ1n) is 9.44. The molecule has 7 heteroatoms. The Kier molecular flexibility index (Phi) is 3.20. The van der Waals surface area contributed by atoms with Gasteiger partial charge in [-0.2, -0.15) is 5.26 Å². The van der Waals surface area contributed by atoms with Gasteiger partial charge in [0.2, 0.25) is 5.91 Å². The number of cyclic esters (lactones) is 1. The van der Waals surface area contributed by atoms with Crippen molar-refractivity contribution in [2.75, 3.05) is 23.9 Å². The first kappa shape index (κ1) is 17.6. The number of para-hydroxylation sites is 1. The molecule has 1 aromatic carbocycles. The molecule has 2 aromatic rings. The van der Waals surface area contributed by atoms with Gasteiger partial charge < -0.3 is 19.5 Å². The minimum atomic E-state index is -1.39. The van der Waals surface area contributed by atoms with E-state index in [9.17, 15) is 14.9 Å². The van der Waals surface area contributed by atoms with Gasteiger partial charge in [0, 0.05) is 35.6 Å². The van der Waals surface area contributed by atoms with Gasteiger partial charge in [-0.3, -0.25) is 4.79 Å². The smallest absolute Gasteiger partial charge is 0.338 e. The van der Waals surface area contributed by atoms with Crippen LogP contribution in [0, 0.1) is 11.3 Å². The summed E-state index contributed by atoms with van der Waals surface area (Å²) in [7, 11) is 1.70. The largest absolute Gasteiger partial charge is 0.456 e. The van der Waals surface area contributed by atoms with Crippen molar-refractivity contribution in [1.82, 2.24) is 4.57 Å². The molecule has 0 radical (unpaired) electrons. The third kappa shape index (κ3) is 1.91. The van der Waals surface area contributed by atoms with Crippen LogP contribution in [-0.2, 0) is 25.3 Å². The molecule has 1 amide bonds. The van der Waals surface area contributed by atoms with Crippen molar-refractivity contribution >= 4 is 23.4 Å². The monoisotopic (exact) mass is 388 g/mol. The fourth-order valence-electron chi connectivity index (χ4n) is 4.82. The number of nitrogens with zero attached hydrogens (tertiary/aromatic N) is 3. The molecule has 4 heterocycles. The van der Waals surface area contributed by atoms with E-state index in [1.807, 2.05) is 49.6 Å². The Hall–Kier alpha value is -3.53. The van der Waals surface area contributed by atoms with E-state index in [0.717, 1.165) is 5.69 Å². The molecule has 0 unspecified atom stereocenters. The maximum atomic E-state index is 13.9. The van der Waals surface area contributed by atoms with Crippen molar-refractivity contribution in [2.24, 2.45) is 0 Å². The van der Waals surface area contributed by atoms with Crippen LogP contribution < -0.4 is 10.2 Å². The number of nitriles is 1. The highest BCUT2D eigenvalue weighted by molar-refractivity contribution is 6.20. The predicted octanol–water partition coefficient (Wildman–Crippen LogP) is 2.61. The average Bonchev–Trinajstić information content (AvgIpc) is 3.31. The van der Waals surface area contributed by atoms with Gasteiger partial charge in [-0.05, 0) is 26.8 Å². The average molecular weight is 388 g/mol. The van der Waals surface area contributed by atoms with Crippen LogP contribution in [0.1, 0.15) is 37.5 Å². The third-order valence-electron chi connectivity index (χ3n) is 6.02. The number of aromatic nitrogens is 1. The normalized spacial score (nSPS) is 22.2. The van der Waals surface area contributed by atoms with E-state index in [1.54, 1.807) is 18.1 Å². The van der Waals surface area contributed by atoms with Gasteiger partial charge in [0.25, 0.3) is 0 Å². The van der Waals surface area contributed by atoms with Crippen LogP contribution in [0.3, 0.4) is 0 Å². The van der Waals surface area contributed by atoms with Gasteiger partial charge in [0.1, 0.15) is 23.9 Å². The Bertz CT molecular complexity index is 1190. The number of esters is 1. The van der Waals surface area contributed by atoms with Gasteiger partial charge >= 0.3 is 5.97 Å². The van der Waals surface area contributed by atoms with Crippen LogP contribution in [0.5, 0.6) is 0 Å². The Morgan fingerprint density at radius 3 is 2.66 bits per heavy atom. The van der Waals surface area contributed by atoms with E-state index < -0.39 is 11.4 Å². The molecule has 1 spiro atoms. The van der Waals surface area contributed by atoms with Gasteiger partial charge in [-0.1, -0.05) is 18.2 Å². The summed E-state index contributed by atoms with van der Waals surface area (Å²) in [5.41, 5.74) is 1.44. The van der Waals surface area contributed by atoms with Crippen LogP contribution in [-0.4, -0.2) is 30.1 Å². The van der Waals surface area contributed by atoms with Crippen molar-refractivity contribution in [3.05, 3.63) is 58.4 Å². The number of ether oxygens (including phenoxy) is 1. The molecule has 146 valence electrons. The second-order valence-corrected chi connectivity index (χ2v) is 8.61. The van der Waals surface area contributed by atoms with E-state index in [-0.39, 0.29) is 23.6 Å². The first-order valence-corrected chi connectivity index (χ1v) is 9.44. The highest BCUT2D eigenvalue weighted by atomic mass is 16.5. The second kappa shape index (κ2) is 5.29. The summed E-state index contributed by atoms with van der Waals surface area (Å²) in [6.07, 6.45) is 1.77. The number of rotatable bonds is 0. The van der Waals surface area contributed by atoms with Crippen molar-refractivity contribution in [3.8, 4) is 6.07 Å². The maximum absolute atomic E-state index is 13.9. The summed E-state index contributed by atoms with van der Waals surface area (Å²) >= 11 is 0. The number of likely N-dealkylation sites (N-methyl/N-ethyl adjacent to an activating group) is 1. The molecular weight excluding hydrogens is 368 g/mol. The maximum Gasteiger partial charge on any atom is 0.338 e. The summed E-state index contributed by atoms with van der Waals surface area (Å²) in [6.45, 7) is 6.16. The van der Waals surface area contributed by atoms with E-state index in [4.69, 9.17) is 4.74 Å². The zero-order chi connectivity index (χ0) is 20.7. The van der Waals surface area contributed by atoms with Gasteiger partial charge in [-0.15, -0.1) is 0 Å². The zero-order valence-electron chi connectivity index (χ0n) is 16.7. The number of nitrogens with one attached hydrogen (secondary N) is 1. The molecule has 1 N–H and O–H groups in total. The first-order chi connectivity index (χ1) is 13.7. The van der Waals surface area contributed by atoms with Crippen LogP contribution in [0.2, 0.25) is 0 Å². The second-order valence-electron chi connectivity index (χ2n) is 8.61. The molecule has 0 aliphatic carbocycles. The van der Waals surface area contributed by atoms with Gasteiger partial charge in [-0.25, -0.2) is 4.79 Å². The molecule has 3 aliphatic rings. The lowest BCUT2D eigenvalue weighted by Gasteiger charge is -2.35. The molecular formula is C22H20N4O3. The number of hydrogen-bond acceptors (Lipinski definition) is 5. The molecule has 5 rings (SSSR count). The number of amides is 1. The SMILES string of the molecule is CN1C(=O)[C@@]2(C3=C(COC3=O)Nc3c2c(C#N)cn3C(C)(C)C)c2ccccc21. The summed E-state index contributed by atoms with van der Waals surface area (Å²) in [5, 5.41) is 13.3. The van der Waals surface area contributed by atoms with Crippen LogP contribution in [0.4, 0.5) is 11.5 Å². The minimum absolute atomic E-state index is 0.0751. The van der Waals surface area contributed by atoms with E-state index in [2.05, 4.69) is 11.4 Å². The topological polar surface area (TPSA) is 87.4 Å². The molecule has 0 fully saturated rings. The number of anilines is 2. The number of fused-ring (bicyclic) bond motifs is 5. The highest BCUT2D eigenvalue weighted by Gasteiger charge is 2.62. The lowest BCUT2D eigenvalue weighted by atomic mass is 9.67. The van der Waals surface area contributed by atoms with E-state index >= 15 is 0 Å². The Morgan fingerprint density at radius 1 is 1.24 bits per heavy atom. The molecule has 3 aliphatic heterocycles. The van der Waals surface area contributed by atoms with Crippen LogP contribution in [0.25, 0.3) is 0 Å². The van der Waals surface area contributed by atoms with Gasteiger partial charge in [0.15, 0.2) is 0 Å². The van der Waals surface area contributed by atoms with Crippen molar-refractivity contribution < 1.29 is 14.3 Å². The number of hydrogen-bond donors (Lipinski definition) is 1. The fourth-order valence-corrected chi connectivity index (χ4v) is 4.82. The summed E-state index contributed by atoms with van der Waals surface area (Å²) in [5.74, 6) is -0.121. The molecule has 29 heavy (non-hydrogen) atoms. The van der Waals surface area contributed by atoms with E-state index in [1.165, 1.54) is 0 Å². The number of carbonyl (C=O) groups is 2. The quantitative estimate of drug-likeness (QED) is 0.701. The summed E-state index contributed by atoms with van der Waals surface area (Å²) in [6, 6.07) is 9.68. The Balaban J connectivity index is 1.98. The van der Waals surface area contributed by atoms with Crippen LogP contribution >= 0.6 is 0 Å². The fraction of sp³-hybridized carbons (Fsp3) is 0.318. The summed E-state index contributed by atoms with van der Waals surface area (Å²) in [4.78, 5) is 28.3. The van der Waals surface area contributed by atoms with Crippen molar-refractivity contribution in [3.63, 3.8) is 0 Å². The Labute approximate surface area is 168 Å². The van der Waals surface area contributed by atoms with Crippen molar-refractivity contribution in [1.29, 1.82) is 5.26 Å². The molecule has 1 aromatic heterocycles. The Morgan fingerprint density at radius 2 is 1.97 bits per heavy atom. The summed E-state index contributed by atoms with van der Waals surface area (Å²) < 4.78 is 7.31. The number of carbonyl (C=O) groups excluding carboxylic acids is 2. The third-order valence-corrected chi connectivity index (χ3v) is 6.02. The molecule has 0 saturated heterocycles.